The fraction of sp³-hybridized carbons (Fsp3) is 0.500. The van der Waals surface area contributed by atoms with Gasteiger partial charge in [0.05, 0.1) is 29.7 Å². The van der Waals surface area contributed by atoms with Crippen LogP contribution in [0.4, 0.5) is 11.4 Å². The van der Waals surface area contributed by atoms with Gasteiger partial charge in [0.25, 0.3) is 0 Å². The first kappa shape index (κ1) is 13.7. The number of fused-ring (bicyclic) bond motifs is 1. The lowest BCUT2D eigenvalue weighted by molar-refractivity contribution is 0.546. The van der Waals surface area contributed by atoms with Crippen molar-refractivity contribution in [3.63, 3.8) is 0 Å². The van der Waals surface area contributed by atoms with Crippen LogP contribution in [0, 0.1) is 6.92 Å². The molecule has 2 rings (SSSR count). The van der Waals surface area contributed by atoms with Crippen LogP contribution in [-0.4, -0.2) is 26.8 Å². The van der Waals surface area contributed by atoms with Crippen molar-refractivity contribution in [2.45, 2.75) is 26.3 Å². The first-order valence-electron chi connectivity index (χ1n) is 5.66. The molecule has 18 heavy (non-hydrogen) atoms. The van der Waals surface area contributed by atoms with E-state index in [1.54, 1.807) is 0 Å². The second-order valence-corrected chi connectivity index (χ2v) is 8.18. The maximum absolute atomic E-state index is 12.0. The monoisotopic (exact) mass is 332 g/mol. The van der Waals surface area contributed by atoms with Crippen LogP contribution in [0.2, 0.25) is 0 Å². The van der Waals surface area contributed by atoms with E-state index in [4.69, 9.17) is 0 Å². The van der Waals surface area contributed by atoms with Crippen LogP contribution >= 0.6 is 15.9 Å². The summed E-state index contributed by atoms with van der Waals surface area (Å²) in [7, 11) is -3.28. The Balaban J connectivity index is 2.69. The molecule has 1 aliphatic rings. The van der Waals surface area contributed by atoms with E-state index in [1.807, 2.05) is 32.9 Å². The topological polar surface area (TPSA) is 49.4 Å². The molecule has 0 saturated heterocycles. The van der Waals surface area contributed by atoms with Gasteiger partial charge in [-0.2, -0.15) is 0 Å². The quantitative estimate of drug-likeness (QED) is 0.860. The van der Waals surface area contributed by atoms with Gasteiger partial charge in [0.2, 0.25) is 10.0 Å². The first-order valence-corrected chi connectivity index (χ1v) is 8.30. The van der Waals surface area contributed by atoms with Gasteiger partial charge in [-0.25, -0.2) is 8.42 Å². The van der Waals surface area contributed by atoms with Gasteiger partial charge in [-0.15, -0.1) is 0 Å². The Morgan fingerprint density at radius 1 is 1.39 bits per heavy atom. The number of benzene rings is 1. The number of halogens is 1. The fourth-order valence-electron chi connectivity index (χ4n) is 2.21. The first-order chi connectivity index (χ1) is 8.10. The van der Waals surface area contributed by atoms with Gasteiger partial charge < -0.3 is 5.32 Å². The Kier molecular flexibility index (Phi) is 3.14. The second-order valence-electron chi connectivity index (χ2n) is 5.42. The van der Waals surface area contributed by atoms with Crippen LogP contribution < -0.4 is 9.62 Å². The molecular weight excluding hydrogens is 316 g/mol. The smallest absolute Gasteiger partial charge is 0.232 e. The average Bonchev–Trinajstić information content (AvgIpc) is 2.11. The summed E-state index contributed by atoms with van der Waals surface area (Å²) in [5.41, 5.74) is 2.34. The van der Waals surface area contributed by atoms with Crippen LogP contribution in [0.5, 0.6) is 0 Å². The lowest BCUT2D eigenvalue weighted by atomic mass is 10.0. The molecule has 6 heteroatoms. The molecule has 0 radical (unpaired) electrons. The summed E-state index contributed by atoms with van der Waals surface area (Å²) in [5, 5.41) is 3.38. The minimum Gasteiger partial charge on any atom is -0.377 e. The third-order valence-corrected chi connectivity index (χ3v) is 4.59. The number of nitrogens with zero attached hydrogens (tertiary/aromatic N) is 1. The molecule has 0 atom stereocenters. The summed E-state index contributed by atoms with van der Waals surface area (Å²) < 4.78 is 26.2. The van der Waals surface area contributed by atoms with Crippen LogP contribution in [0.3, 0.4) is 0 Å². The zero-order chi connectivity index (χ0) is 13.7. The molecule has 1 N–H and O–H groups in total. The highest BCUT2D eigenvalue weighted by Gasteiger charge is 2.35. The third kappa shape index (κ3) is 2.49. The predicted octanol–water partition coefficient (Wildman–Crippen LogP) is 2.73. The van der Waals surface area contributed by atoms with Crippen LogP contribution in [-0.2, 0) is 10.0 Å². The summed E-state index contributed by atoms with van der Waals surface area (Å²) >= 11 is 3.46. The van der Waals surface area contributed by atoms with Gasteiger partial charge in [-0.1, -0.05) is 0 Å². The normalized spacial score (nSPS) is 18.2. The van der Waals surface area contributed by atoms with Gasteiger partial charge in [-0.05, 0) is 54.4 Å². The summed E-state index contributed by atoms with van der Waals surface area (Å²) in [4.78, 5) is 0. The zero-order valence-corrected chi connectivity index (χ0v) is 13.3. The molecule has 0 aliphatic carbocycles. The molecule has 1 aromatic carbocycles. The summed E-state index contributed by atoms with van der Waals surface area (Å²) in [6.07, 6.45) is 1.24. The van der Waals surface area contributed by atoms with Gasteiger partial charge in [-0.3, -0.25) is 4.31 Å². The maximum Gasteiger partial charge on any atom is 0.232 e. The highest BCUT2D eigenvalue weighted by Crippen LogP contribution is 2.41. The number of aryl methyl sites for hydroxylation is 1. The van der Waals surface area contributed by atoms with Crippen molar-refractivity contribution in [2.24, 2.45) is 0 Å². The third-order valence-electron chi connectivity index (χ3n) is 2.87. The van der Waals surface area contributed by atoms with Gasteiger partial charge in [0.1, 0.15) is 0 Å². The Bertz CT molecular complexity index is 596. The molecule has 0 aromatic heterocycles. The molecule has 0 fully saturated rings. The largest absolute Gasteiger partial charge is 0.377 e. The number of sulfonamides is 1. The standard InChI is InChI=1S/C12H17BrN2O2S/c1-8-5-9(13)11-10(6-8)14-12(2,3)7-15(11)18(4,16)17/h5-6,14H,7H2,1-4H3. The van der Waals surface area contributed by atoms with Crippen molar-refractivity contribution in [3.8, 4) is 0 Å². The minimum atomic E-state index is -3.28. The molecule has 1 aliphatic heterocycles. The van der Waals surface area contributed by atoms with E-state index < -0.39 is 10.0 Å². The summed E-state index contributed by atoms with van der Waals surface area (Å²) in [5.74, 6) is 0. The Morgan fingerprint density at radius 2 is 2.00 bits per heavy atom. The Labute approximate surface area is 117 Å². The van der Waals surface area contributed by atoms with E-state index in [9.17, 15) is 8.42 Å². The summed E-state index contributed by atoms with van der Waals surface area (Å²) in [6, 6.07) is 3.90. The van der Waals surface area contributed by atoms with Gasteiger partial charge in [0.15, 0.2) is 0 Å². The van der Waals surface area contributed by atoms with Crippen LogP contribution in [0.15, 0.2) is 16.6 Å². The molecule has 0 amide bonds. The van der Waals surface area contributed by atoms with E-state index in [0.29, 0.717) is 12.2 Å². The molecule has 0 bridgehead atoms. The lowest BCUT2D eigenvalue weighted by Gasteiger charge is -2.41. The minimum absolute atomic E-state index is 0.288. The number of anilines is 2. The van der Waals surface area contributed by atoms with Crippen LogP contribution in [0.1, 0.15) is 19.4 Å². The predicted molar refractivity (Wildman–Crippen MR) is 78.8 cm³/mol. The molecule has 0 spiro atoms. The lowest BCUT2D eigenvalue weighted by Crippen LogP contribution is -2.50. The van der Waals surface area contributed by atoms with E-state index in [1.165, 1.54) is 10.6 Å². The number of nitrogens with one attached hydrogen (secondary N) is 1. The maximum atomic E-state index is 12.0. The Morgan fingerprint density at radius 3 is 2.56 bits per heavy atom. The van der Waals surface area contributed by atoms with E-state index in [-0.39, 0.29) is 5.54 Å². The van der Waals surface area contributed by atoms with Crippen molar-refractivity contribution < 1.29 is 8.42 Å². The van der Waals surface area contributed by atoms with E-state index in [0.717, 1.165) is 15.7 Å². The van der Waals surface area contributed by atoms with Crippen molar-refractivity contribution >= 4 is 37.3 Å². The van der Waals surface area contributed by atoms with Gasteiger partial charge in [0, 0.05) is 4.47 Å². The van der Waals surface area contributed by atoms with Crippen molar-refractivity contribution in [2.75, 3.05) is 22.4 Å². The van der Waals surface area contributed by atoms with Gasteiger partial charge >= 0.3 is 0 Å². The second kappa shape index (κ2) is 4.13. The highest BCUT2D eigenvalue weighted by atomic mass is 79.9. The van der Waals surface area contributed by atoms with Crippen LogP contribution in [0.25, 0.3) is 0 Å². The molecule has 100 valence electrons. The SMILES string of the molecule is Cc1cc(Br)c2c(c1)NC(C)(C)CN2S(C)(=O)=O. The zero-order valence-electron chi connectivity index (χ0n) is 10.9. The molecular formula is C12H17BrN2O2S. The van der Waals surface area contributed by atoms with E-state index in [2.05, 4.69) is 21.2 Å². The fourth-order valence-corrected chi connectivity index (χ4v) is 4.20. The van der Waals surface area contributed by atoms with E-state index >= 15 is 0 Å². The van der Waals surface area contributed by atoms with Crippen molar-refractivity contribution in [3.05, 3.63) is 22.2 Å². The molecule has 4 nitrogen and oxygen atoms in total. The number of rotatable bonds is 1. The Hall–Kier alpha value is -0.750. The number of hydrogen-bond acceptors (Lipinski definition) is 3. The molecule has 0 unspecified atom stereocenters. The highest BCUT2D eigenvalue weighted by molar-refractivity contribution is 9.10. The molecule has 1 aromatic rings. The average molecular weight is 333 g/mol. The molecule has 0 saturated carbocycles. The van der Waals surface area contributed by atoms with Crippen molar-refractivity contribution in [1.29, 1.82) is 0 Å². The number of hydrogen-bond donors (Lipinski definition) is 1. The summed E-state index contributed by atoms with van der Waals surface area (Å²) in [6.45, 7) is 6.38. The van der Waals surface area contributed by atoms with Crippen molar-refractivity contribution in [1.82, 2.24) is 0 Å². The molecule has 1 heterocycles.